The fourth-order valence-corrected chi connectivity index (χ4v) is 2.88. The molecular formula is C20H16FN3O. The Morgan fingerprint density at radius 2 is 2.00 bits per heavy atom. The van der Waals surface area contributed by atoms with Crippen LogP contribution in [0.2, 0.25) is 0 Å². The molecule has 0 atom stereocenters. The van der Waals surface area contributed by atoms with Gasteiger partial charge in [0.2, 0.25) is 0 Å². The van der Waals surface area contributed by atoms with Crippen LogP contribution < -0.4 is 10.6 Å². The zero-order valence-corrected chi connectivity index (χ0v) is 13.3. The number of H-pyrrole nitrogens is 1. The van der Waals surface area contributed by atoms with Gasteiger partial charge in [0, 0.05) is 35.4 Å². The molecule has 0 saturated carbocycles. The van der Waals surface area contributed by atoms with Crippen LogP contribution in [-0.2, 0) is 11.3 Å². The van der Waals surface area contributed by atoms with Crippen molar-refractivity contribution in [3.63, 3.8) is 0 Å². The number of aromatic amines is 1. The molecule has 1 aromatic heterocycles. The van der Waals surface area contributed by atoms with E-state index in [-0.39, 0.29) is 11.7 Å². The van der Waals surface area contributed by atoms with E-state index in [1.165, 1.54) is 12.1 Å². The van der Waals surface area contributed by atoms with Gasteiger partial charge in [0.25, 0.3) is 5.91 Å². The Labute approximate surface area is 144 Å². The average molecular weight is 333 g/mol. The van der Waals surface area contributed by atoms with E-state index in [0.717, 1.165) is 28.2 Å². The lowest BCUT2D eigenvalue weighted by Gasteiger charge is -2.08. The van der Waals surface area contributed by atoms with Crippen molar-refractivity contribution >= 4 is 28.9 Å². The summed E-state index contributed by atoms with van der Waals surface area (Å²) in [6, 6.07) is 16.0. The predicted molar refractivity (Wildman–Crippen MR) is 97.5 cm³/mol. The average Bonchev–Trinajstić information content (AvgIpc) is 3.22. The van der Waals surface area contributed by atoms with E-state index in [1.54, 1.807) is 6.07 Å². The summed E-state index contributed by atoms with van der Waals surface area (Å²) in [6.45, 7) is 0.508. The number of hydrogen-bond acceptors (Lipinski definition) is 2. The second-order valence-electron chi connectivity index (χ2n) is 5.88. The highest BCUT2D eigenvalue weighted by molar-refractivity contribution is 6.35. The van der Waals surface area contributed by atoms with Gasteiger partial charge in [-0.05, 0) is 54.1 Å². The number of carbonyl (C=O) groups is 1. The summed E-state index contributed by atoms with van der Waals surface area (Å²) in [5.41, 5.74) is 4.86. The smallest absolute Gasteiger partial charge is 0.256 e. The van der Waals surface area contributed by atoms with Crippen LogP contribution in [0.15, 0.2) is 60.8 Å². The standard InChI is InChI=1S/C20H16FN3O/c21-14-4-1-3-13(9-14)12-23-16-6-7-19-17(10-16)18(20(25)24-19)11-15-5-2-8-22-15/h1-11,22-23H,12H2,(H,24,25)/b18-11-. The Kier molecular flexibility index (Phi) is 3.82. The van der Waals surface area contributed by atoms with Gasteiger partial charge in [-0.2, -0.15) is 0 Å². The summed E-state index contributed by atoms with van der Waals surface area (Å²) in [4.78, 5) is 15.3. The van der Waals surface area contributed by atoms with Crippen molar-refractivity contribution in [1.82, 2.24) is 4.98 Å². The molecule has 1 amide bonds. The number of benzene rings is 2. The van der Waals surface area contributed by atoms with E-state index < -0.39 is 0 Å². The third-order valence-corrected chi connectivity index (χ3v) is 4.11. The number of aromatic nitrogens is 1. The molecule has 0 fully saturated rings. The molecule has 3 N–H and O–H groups in total. The van der Waals surface area contributed by atoms with Gasteiger partial charge in [-0.1, -0.05) is 12.1 Å². The van der Waals surface area contributed by atoms with Gasteiger partial charge in [-0.25, -0.2) is 4.39 Å². The van der Waals surface area contributed by atoms with Gasteiger partial charge in [-0.3, -0.25) is 4.79 Å². The molecular weight excluding hydrogens is 317 g/mol. The maximum Gasteiger partial charge on any atom is 0.256 e. The summed E-state index contributed by atoms with van der Waals surface area (Å²) < 4.78 is 13.3. The second kappa shape index (κ2) is 6.28. The lowest BCUT2D eigenvalue weighted by Crippen LogP contribution is -2.03. The zero-order valence-electron chi connectivity index (χ0n) is 13.3. The Morgan fingerprint density at radius 1 is 1.08 bits per heavy atom. The maximum atomic E-state index is 13.3. The fourth-order valence-electron chi connectivity index (χ4n) is 2.88. The SMILES string of the molecule is O=C1Nc2ccc(NCc3cccc(F)c3)cc2/C1=C/c1ccc[nH]1. The predicted octanol–water partition coefficient (Wildman–Crippen LogP) is 4.26. The van der Waals surface area contributed by atoms with E-state index in [9.17, 15) is 9.18 Å². The molecule has 0 aliphatic carbocycles. The largest absolute Gasteiger partial charge is 0.381 e. The Morgan fingerprint density at radius 3 is 2.80 bits per heavy atom. The van der Waals surface area contributed by atoms with E-state index >= 15 is 0 Å². The quantitative estimate of drug-likeness (QED) is 0.625. The molecule has 4 rings (SSSR count). The first-order valence-corrected chi connectivity index (χ1v) is 7.98. The molecule has 2 aromatic carbocycles. The molecule has 5 heteroatoms. The Bertz CT molecular complexity index is 961. The van der Waals surface area contributed by atoms with Crippen molar-refractivity contribution < 1.29 is 9.18 Å². The Balaban J connectivity index is 1.59. The number of amides is 1. The molecule has 25 heavy (non-hydrogen) atoms. The van der Waals surface area contributed by atoms with Crippen molar-refractivity contribution in [2.75, 3.05) is 10.6 Å². The maximum absolute atomic E-state index is 13.3. The molecule has 0 saturated heterocycles. The molecule has 1 aliphatic rings. The highest BCUT2D eigenvalue weighted by Gasteiger charge is 2.24. The van der Waals surface area contributed by atoms with Crippen molar-refractivity contribution in [1.29, 1.82) is 0 Å². The topological polar surface area (TPSA) is 56.9 Å². The summed E-state index contributed by atoms with van der Waals surface area (Å²) in [6.07, 6.45) is 3.65. The van der Waals surface area contributed by atoms with Crippen LogP contribution in [0.25, 0.3) is 11.6 Å². The highest BCUT2D eigenvalue weighted by atomic mass is 19.1. The second-order valence-corrected chi connectivity index (χ2v) is 5.88. The minimum Gasteiger partial charge on any atom is -0.381 e. The van der Waals surface area contributed by atoms with Gasteiger partial charge >= 0.3 is 0 Å². The number of halogens is 1. The number of hydrogen-bond donors (Lipinski definition) is 3. The van der Waals surface area contributed by atoms with E-state index in [0.29, 0.717) is 12.1 Å². The molecule has 1 aliphatic heterocycles. The molecule has 124 valence electrons. The summed E-state index contributed by atoms with van der Waals surface area (Å²) in [5.74, 6) is -0.369. The molecule has 4 nitrogen and oxygen atoms in total. The number of fused-ring (bicyclic) bond motifs is 1. The third kappa shape index (κ3) is 3.17. The van der Waals surface area contributed by atoms with Crippen molar-refractivity contribution in [3.05, 3.63) is 83.4 Å². The van der Waals surface area contributed by atoms with Gasteiger partial charge in [-0.15, -0.1) is 0 Å². The number of carbonyl (C=O) groups excluding carboxylic acids is 1. The minimum absolute atomic E-state index is 0.119. The van der Waals surface area contributed by atoms with E-state index in [2.05, 4.69) is 15.6 Å². The molecule has 3 aromatic rings. The van der Waals surface area contributed by atoms with Crippen LogP contribution in [0, 0.1) is 5.82 Å². The highest BCUT2D eigenvalue weighted by Crippen LogP contribution is 2.35. The zero-order chi connectivity index (χ0) is 17.2. The summed E-state index contributed by atoms with van der Waals surface area (Å²) in [5, 5.41) is 6.14. The fraction of sp³-hybridized carbons (Fsp3) is 0.0500. The number of anilines is 2. The van der Waals surface area contributed by atoms with Crippen LogP contribution in [0.3, 0.4) is 0 Å². The molecule has 0 bridgehead atoms. The van der Waals surface area contributed by atoms with Gasteiger partial charge in [0.05, 0.1) is 5.57 Å². The van der Waals surface area contributed by atoms with Gasteiger partial charge < -0.3 is 15.6 Å². The van der Waals surface area contributed by atoms with E-state index in [4.69, 9.17) is 0 Å². The number of rotatable bonds is 4. The lowest BCUT2D eigenvalue weighted by atomic mass is 10.1. The van der Waals surface area contributed by atoms with Crippen molar-refractivity contribution in [2.24, 2.45) is 0 Å². The normalized spacial score (nSPS) is 14.4. The van der Waals surface area contributed by atoms with Crippen LogP contribution >= 0.6 is 0 Å². The van der Waals surface area contributed by atoms with Crippen LogP contribution in [0.1, 0.15) is 16.8 Å². The van der Waals surface area contributed by atoms with E-state index in [1.807, 2.05) is 48.7 Å². The monoisotopic (exact) mass is 333 g/mol. The Hall–Kier alpha value is -3.34. The van der Waals surface area contributed by atoms with Gasteiger partial charge in [0.1, 0.15) is 5.82 Å². The first kappa shape index (κ1) is 15.2. The molecule has 0 spiro atoms. The molecule has 0 radical (unpaired) electrons. The van der Waals surface area contributed by atoms with Gasteiger partial charge in [0.15, 0.2) is 0 Å². The van der Waals surface area contributed by atoms with Crippen LogP contribution in [0.5, 0.6) is 0 Å². The summed E-state index contributed by atoms with van der Waals surface area (Å²) >= 11 is 0. The lowest BCUT2D eigenvalue weighted by molar-refractivity contribution is -0.110. The minimum atomic E-state index is -0.251. The van der Waals surface area contributed by atoms with Crippen LogP contribution in [-0.4, -0.2) is 10.9 Å². The van der Waals surface area contributed by atoms with Crippen molar-refractivity contribution in [3.8, 4) is 0 Å². The first-order valence-electron chi connectivity index (χ1n) is 7.98. The molecule has 0 unspecified atom stereocenters. The summed E-state index contributed by atoms with van der Waals surface area (Å²) in [7, 11) is 0. The first-order chi connectivity index (χ1) is 12.2. The third-order valence-electron chi connectivity index (χ3n) is 4.11. The number of nitrogens with one attached hydrogen (secondary N) is 3. The molecule has 2 heterocycles. The van der Waals surface area contributed by atoms with Crippen LogP contribution in [0.4, 0.5) is 15.8 Å². The van der Waals surface area contributed by atoms with Crippen molar-refractivity contribution in [2.45, 2.75) is 6.54 Å².